The number of nitrogens with zero attached hydrogens (tertiary/aromatic N) is 1. The zero-order valence-electron chi connectivity index (χ0n) is 10.7. The van der Waals surface area contributed by atoms with E-state index in [4.69, 9.17) is 37.9 Å². The smallest absolute Gasteiger partial charge is 0.307 e. The van der Waals surface area contributed by atoms with Gasteiger partial charge in [-0.3, -0.25) is 4.79 Å². The van der Waals surface area contributed by atoms with Crippen LogP contribution in [-0.2, 0) is 14.4 Å². The summed E-state index contributed by atoms with van der Waals surface area (Å²) >= 11 is 11.9. The number of carbonyl (C=O) groups is 1. The fourth-order valence-corrected chi connectivity index (χ4v) is 2.68. The van der Waals surface area contributed by atoms with Crippen molar-refractivity contribution in [3.05, 3.63) is 33.8 Å². The van der Waals surface area contributed by atoms with Crippen molar-refractivity contribution in [3.63, 3.8) is 0 Å². The molecule has 0 aromatic heterocycles. The van der Waals surface area contributed by atoms with Crippen molar-refractivity contribution < 1.29 is 19.5 Å². The van der Waals surface area contributed by atoms with Crippen molar-refractivity contribution in [2.45, 2.75) is 18.4 Å². The topological polar surface area (TPSA) is 68.1 Å². The molecule has 0 radical (unpaired) electrons. The molecule has 7 heteroatoms. The van der Waals surface area contributed by atoms with Crippen LogP contribution in [-0.4, -0.2) is 36.1 Å². The maximum Gasteiger partial charge on any atom is 0.307 e. The number of hydrogen-bond donors (Lipinski definition) is 1. The number of oxime groups is 1. The Hall–Kier alpha value is -1.30. The Morgan fingerprint density at radius 1 is 1.45 bits per heavy atom. The summed E-state index contributed by atoms with van der Waals surface area (Å²) in [5, 5.41) is 13.9. The highest BCUT2D eigenvalue weighted by Gasteiger charge is 2.42. The predicted octanol–water partition coefficient (Wildman–Crippen LogP) is 2.98. The van der Waals surface area contributed by atoms with E-state index in [2.05, 4.69) is 5.16 Å². The van der Waals surface area contributed by atoms with E-state index in [0.717, 1.165) is 0 Å². The second-order valence-corrected chi connectivity index (χ2v) is 5.52. The number of carboxylic acid groups (broad SMARTS) is 1. The third-order valence-electron chi connectivity index (χ3n) is 2.92. The van der Waals surface area contributed by atoms with Gasteiger partial charge in [-0.05, 0) is 18.2 Å². The molecule has 20 heavy (non-hydrogen) atoms. The highest BCUT2D eigenvalue weighted by Crippen LogP contribution is 2.32. The molecule has 1 aliphatic rings. The third kappa shape index (κ3) is 3.42. The third-order valence-corrected chi connectivity index (χ3v) is 3.35. The molecule has 1 aliphatic heterocycles. The summed E-state index contributed by atoms with van der Waals surface area (Å²) in [7, 11) is 1.49. The molecule has 0 saturated carbocycles. The van der Waals surface area contributed by atoms with Crippen LogP contribution in [0.4, 0.5) is 0 Å². The first-order chi connectivity index (χ1) is 9.44. The van der Waals surface area contributed by atoms with E-state index in [1.807, 2.05) is 0 Å². The van der Waals surface area contributed by atoms with Gasteiger partial charge in [-0.2, -0.15) is 0 Å². The van der Waals surface area contributed by atoms with Gasteiger partial charge in [0.1, 0.15) is 0 Å². The number of methoxy groups -OCH3 is 1. The molecule has 108 valence electrons. The van der Waals surface area contributed by atoms with Crippen LogP contribution < -0.4 is 0 Å². The highest BCUT2D eigenvalue weighted by atomic mass is 35.5. The number of ether oxygens (including phenoxy) is 1. The van der Waals surface area contributed by atoms with E-state index >= 15 is 0 Å². The van der Waals surface area contributed by atoms with E-state index in [1.165, 1.54) is 7.11 Å². The molecule has 0 saturated heterocycles. The SMILES string of the molecule is COCC1(CC(=O)O)CC(c2cc(Cl)cc(Cl)c2)=NO1. The summed E-state index contributed by atoms with van der Waals surface area (Å²) < 4.78 is 5.05. The lowest BCUT2D eigenvalue weighted by Crippen LogP contribution is -2.37. The Morgan fingerprint density at radius 2 is 2.10 bits per heavy atom. The van der Waals surface area contributed by atoms with Gasteiger partial charge in [0.05, 0.1) is 18.7 Å². The van der Waals surface area contributed by atoms with Crippen LogP contribution >= 0.6 is 23.2 Å². The van der Waals surface area contributed by atoms with Gasteiger partial charge in [0, 0.05) is 29.1 Å². The first-order valence-corrected chi connectivity index (χ1v) is 6.62. The first kappa shape index (κ1) is 15.1. The summed E-state index contributed by atoms with van der Waals surface area (Å²) in [4.78, 5) is 16.3. The van der Waals surface area contributed by atoms with E-state index < -0.39 is 11.6 Å². The molecule has 1 heterocycles. The van der Waals surface area contributed by atoms with Crippen molar-refractivity contribution in [1.29, 1.82) is 0 Å². The van der Waals surface area contributed by atoms with Crippen LogP contribution in [0.3, 0.4) is 0 Å². The number of rotatable bonds is 5. The van der Waals surface area contributed by atoms with Gasteiger partial charge in [-0.15, -0.1) is 0 Å². The Morgan fingerprint density at radius 3 is 2.65 bits per heavy atom. The molecule has 2 rings (SSSR count). The molecule has 1 atom stereocenters. The minimum absolute atomic E-state index is 0.139. The Kier molecular flexibility index (Phi) is 4.52. The van der Waals surface area contributed by atoms with Crippen LogP contribution in [0.5, 0.6) is 0 Å². The van der Waals surface area contributed by atoms with Crippen LogP contribution in [0.25, 0.3) is 0 Å². The number of hydrogen-bond acceptors (Lipinski definition) is 4. The van der Waals surface area contributed by atoms with Gasteiger partial charge in [-0.1, -0.05) is 28.4 Å². The molecule has 1 aromatic carbocycles. The van der Waals surface area contributed by atoms with E-state index in [9.17, 15) is 4.79 Å². The molecule has 5 nitrogen and oxygen atoms in total. The molecule has 0 bridgehead atoms. The lowest BCUT2D eigenvalue weighted by atomic mass is 9.92. The van der Waals surface area contributed by atoms with Gasteiger partial charge in [-0.25, -0.2) is 0 Å². The molecular formula is C13H13Cl2NO4. The fourth-order valence-electron chi connectivity index (χ4n) is 2.16. The fraction of sp³-hybridized carbons (Fsp3) is 0.385. The minimum atomic E-state index is -0.981. The number of carboxylic acids is 1. The maximum absolute atomic E-state index is 11.0. The summed E-state index contributed by atoms with van der Waals surface area (Å²) in [6, 6.07) is 5.03. The zero-order chi connectivity index (χ0) is 14.8. The molecule has 1 N–H and O–H groups in total. The van der Waals surface area contributed by atoms with E-state index in [0.29, 0.717) is 27.7 Å². The average molecular weight is 318 g/mol. The quantitative estimate of drug-likeness (QED) is 0.906. The Labute approximate surface area is 126 Å². The van der Waals surface area contributed by atoms with Gasteiger partial charge >= 0.3 is 5.97 Å². The lowest BCUT2D eigenvalue weighted by Gasteiger charge is -2.23. The largest absolute Gasteiger partial charge is 0.481 e. The minimum Gasteiger partial charge on any atom is -0.481 e. The van der Waals surface area contributed by atoms with Crippen molar-refractivity contribution in [1.82, 2.24) is 0 Å². The molecule has 1 aromatic rings. The normalized spacial score (nSPS) is 21.4. The predicted molar refractivity (Wildman–Crippen MR) is 75.6 cm³/mol. The van der Waals surface area contributed by atoms with E-state index in [-0.39, 0.29) is 13.0 Å². The van der Waals surface area contributed by atoms with Gasteiger partial charge in [0.25, 0.3) is 0 Å². The molecule has 0 spiro atoms. The van der Waals surface area contributed by atoms with Crippen molar-refractivity contribution >= 4 is 34.9 Å². The van der Waals surface area contributed by atoms with Crippen molar-refractivity contribution in [2.75, 3.05) is 13.7 Å². The highest BCUT2D eigenvalue weighted by molar-refractivity contribution is 6.35. The van der Waals surface area contributed by atoms with Gasteiger partial charge in [0.2, 0.25) is 0 Å². The van der Waals surface area contributed by atoms with Crippen molar-refractivity contribution in [2.24, 2.45) is 5.16 Å². The standard InChI is InChI=1S/C13H13Cl2NO4/c1-19-7-13(6-12(17)18)5-11(16-20-13)8-2-9(14)4-10(15)3-8/h2-4H,5-7H2,1H3,(H,17,18). The van der Waals surface area contributed by atoms with Crippen LogP contribution in [0.15, 0.2) is 23.4 Å². The number of benzene rings is 1. The summed E-state index contributed by atoms with van der Waals surface area (Å²) in [5.74, 6) is -0.970. The first-order valence-electron chi connectivity index (χ1n) is 5.86. The lowest BCUT2D eigenvalue weighted by molar-refractivity contribution is -0.147. The maximum atomic E-state index is 11.0. The molecule has 1 unspecified atom stereocenters. The number of aliphatic carboxylic acids is 1. The average Bonchev–Trinajstić information content (AvgIpc) is 2.71. The molecule has 0 amide bonds. The van der Waals surface area contributed by atoms with Crippen LogP contribution in [0.1, 0.15) is 18.4 Å². The molecule has 0 aliphatic carbocycles. The molecular weight excluding hydrogens is 305 g/mol. The zero-order valence-corrected chi connectivity index (χ0v) is 12.2. The van der Waals surface area contributed by atoms with Gasteiger partial charge in [0.15, 0.2) is 5.60 Å². The Balaban J connectivity index is 2.22. The van der Waals surface area contributed by atoms with Crippen LogP contribution in [0.2, 0.25) is 10.0 Å². The van der Waals surface area contributed by atoms with Gasteiger partial charge < -0.3 is 14.7 Å². The summed E-state index contributed by atoms with van der Waals surface area (Å²) in [6.45, 7) is 0.139. The Bertz CT molecular complexity index is 541. The van der Waals surface area contributed by atoms with Crippen molar-refractivity contribution in [3.8, 4) is 0 Å². The second kappa shape index (κ2) is 5.99. The van der Waals surface area contributed by atoms with E-state index in [1.54, 1.807) is 18.2 Å². The summed E-state index contributed by atoms with van der Waals surface area (Å²) in [5.41, 5.74) is 0.337. The monoisotopic (exact) mass is 317 g/mol. The second-order valence-electron chi connectivity index (χ2n) is 4.65. The van der Waals surface area contributed by atoms with Crippen LogP contribution in [0, 0.1) is 0 Å². The number of halogens is 2. The molecule has 0 fully saturated rings. The summed E-state index contributed by atoms with van der Waals surface area (Å²) in [6.07, 6.45) is 0.131.